The van der Waals surface area contributed by atoms with Gasteiger partial charge in [0.1, 0.15) is 4.90 Å². The highest BCUT2D eigenvalue weighted by Crippen LogP contribution is 2.33. The van der Waals surface area contributed by atoms with E-state index in [-0.39, 0.29) is 24.1 Å². The largest absolute Gasteiger partial charge is 0.454 e. The number of carbonyl (C=O) groups is 1. The highest BCUT2D eigenvalue weighted by Gasteiger charge is 2.33. The van der Waals surface area contributed by atoms with Crippen LogP contribution in [0.5, 0.6) is 11.5 Å². The molecule has 29 heavy (non-hydrogen) atoms. The van der Waals surface area contributed by atoms with Crippen molar-refractivity contribution in [3.05, 3.63) is 35.2 Å². The Morgan fingerprint density at radius 3 is 2.55 bits per heavy atom. The van der Waals surface area contributed by atoms with E-state index in [1.165, 1.54) is 4.31 Å². The molecule has 0 radical (unpaired) electrons. The van der Waals surface area contributed by atoms with Crippen LogP contribution in [0.25, 0.3) is 0 Å². The Balaban J connectivity index is 1.51. The zero-order chi connectivity index (χ0) is 20.8. The van der Waals surface area contributed by atoms with Gasteiger partial charge in [-0.25, -0.2) is 8.42 Å². The van der Waals surface area contributed by atoms with E-state index in [1.54, 1.807) is 48.7 Å². The van der Waals surface area contributed by atoms with Crippen LogP contribution in [-0.4, -0.2) is 66.3 Å². The number of fused-ring (bicyclic) bond motifs is 1. The number of benzene rings is 1. The molecule has 3 heterocycles. The van der Waals surface area contributed by atoms with Gasteiger partial charge < -0.3 is 14.4 Å². The second-order valence-corrected chi connectivity index (χ2v) is 9.12. The molecule has 2 aliphatic heterocycles. The van der Waals surface area contributed by atoms with Crippen molar-refractivity contribution in [3.8, 4) is 11.5 Å². The van der Waals surface area contributed by atoms with Gasteiger partial charge in [0.2, 0.25) is 16.8 Å². The second kappa shape index (κ2) is 7.34. The molecule has 0 bridgehead atoms. The Morgan fingerprint density at radius 2 is 1.83 bits per heavy atom. The van der Waals surface area contributed by atoms with Crippen LogP contribution in [0.4, 0.5) is 0 Å². The number of aryl methyl sites for hydroxylation is 2. The predicted molar refractivity (Wildman–Crippen MR) is 105 cm³/mol. The molecule has 156 valence electrons. The normalized spacial score (nSPS) is 17.4. The summed E-state index contributed by atoms with van der Waals surface area (Å²) in [7, 11) is -1.94. The van der Waals surface area contributed by atoms with Gasteiger partial charge in [-0.3, -0.25) is 9.48 Å². The van der Waals surface area contributed by atoms with Gasteiger partial charge in [-0.1, -0.05) is 0 Å². The van der Waals surface area contributed by atoms with E-state index in [1.807, 2.05) is 0 Å². The minimum Gasteiger partial charge on any atom is -0.454 e. The van der Waals surface area contributed by atoms with Crippen LogP contribution >= 0.6 is 0 Å². The number of hydrogen-bond donors (Lipinski definition) is 0. The van der Waals surface area contributed by atoms with Gasteiger partial charge in [-0.15, -0.1) is 0 Å². The van der Waals surface area contributed by atoms with Crippen molar-refractivity contribution in [2.24, 2.45) is 7.05 Å². The molecule has 2 aliphatic rings. The van der Waals surface area contributed by atoms with Crippen LogP contribution in [0.1, 0.15) is 28.2 Å². The monoisotopic (exact) mass is 420 g/mol. The van der Waals surface area contributed by atoms with Crippen molar-refractivity contribution in [3.63, 3.8) is 0 Å². The van der Waals surface area contributed by atoms with E-state index in [4.69, 9.17) is 9.47 Å². The van der Waals surface area contributed by atoms with Gasteiger partial charge in [-0.2, -0.15) is 9.40 Å². The van der Waals surface area contributed by atoms with Gasteiger partial charge in [0.05, 0.1) is 11.4 Å². The second-order valence-electron chi connectivity index (χ2n) is 7.24. The number of rotatable bonds is 3. The first-order chi connectivity index (χ1) is 13.8. The number of carbonyl (C=O) groups excluding carboxylic acids is 1. The van der Waals surface area contributed by atoms with E-state index in [0.29, 0.717) is 54.5 Å². The molecule has 0 atom stereocenters. The third-order valence-electron chi connectivity index (χ3n) is 5.40. The summed E-state index contributed by atoms with van der Waals surface area (Å²) in [6.45, 7) is 5.02. The standard InChI is InChI=1S/C19H24N4O5S/c1-13-18(14(2)21(3)20-13)29(25,26)23-8-4-7-22(9-10-23)19(24)15-5-6-16-17(11-15)28-12-27-16/h5-6,11H,4,7-10,12H2,1-3H3. The Bertz CT molecular complexity index is 1060. The number of ether oxygens (including phenoxy) is 2. The molecule has 9 nitrogen and oxygen atoms in total. The van der Waals surface area contributed by atoms with Gasteiger partial charge in [0, 0.05) is 38.8 Å². The molecule has 1 amide bonds. The van der Waals surface area contributed by atoms with Crippen molar-refractivity contribution in [2.45, 2.75) is 25.2 Å². The quantitative estimate of drug-likeness (QED) is 0.743. The Kier molecular flexibility index (Phi) is 4.99. The average molecular weight is 420 g/mol. The molecule has 1 aromatic heterocycles. The number of aromatic nitrogens is 2. The number of hydrogen-bond acceptors (Lipinski definition) is 6. The van der Waals surface area contributed by atoms with Gasteiger partial charge in [-0.05, 0) is 38.5 Å². The lowest BCUT2D eigenvalue weighted by Crippen LogP contribution is -2.37. The number of amides is 1. The fourth-order valence-electron chi connectivity index (χ4n) is 3.81. The summed E-state index contributed by atoms with van der Waals surface area (Å²) in [5.74, 6) is 1.03. The molecule has 0 unspecified atom stereocenters. The predicted octanol–water partition coefficient (Wildman–Crippen LogP) is 1.30. The zero-order valence-electron chi connectivity index (χ0n) is 16.7. The van der Waals surface area contributed by atoms with E-state index in [0.717, 1.165) is 0 Å². The number of nitrogens with zero attached hydrogens (tertiary/aromatic N) is 4. The summed E-state index contributed by atoms with van der Waals surface area (Å²) < 4.78 is 40.1. The molecule has 0 N–H and O–H groups in total. The maximum Gasteiger partial charge on any atom is 0.254 e. The molecule has 0 spiro atoms. The van der Waals surface area contributed by atoms with Crippen LogP contribution < -0.4 is 9.47 Å². The van der Waals surface area contributed by atoms with E-state index < -0.39 is 10.0 Å². The lowest BCUT2D eigenvalue weighted by Gasteiger charge is -2.22. The lowest BCUT2D eigenvalue weighted by molar-refractivity contribution is 0.0764. The van der Waals surface area contributed by atoms with Crippen molar-refractivity contribution in [1.82, 2.24) is 19.0 Å². The van der Waals surface area contributed by atoms with Crippen molar-refractivity contribution >= 4 is 15.9 Å². The summed E-state index contributed by atoms with van der Waals surface area (Å²) in [6.07, 6.45) is 0.563. The zero-order valence-corrected chi connectivity index (χ0v) is 17.5. The third-order valence-corrected chi connectivity index (χ3v) is 7.55. The molecule has 1 fully saturated rings. The summed E-state index contributed by atoms with van der Waals surface area (Å²) in [6, 6.07) is 5.10. The summed E-state index contributed by atoms with van der Waals surface area (Å²) in [5, 5.41) is 4.23. The molecule has 2 aromatic rings. The Hall–Kier alpha value is -2.59. The van der Waals surface area contributed by atoms with Crippen molar-refractivity contribution < 1.29 is 22.7 Å². The van der Waals surface area contributed by atoms with Crippen LogP contribution in [0.3, 0.4) is 0 Å². The van der Waals surface area contributed by atoms with Gasteiger partial charge in [0.25, 0.3) is 5.91 Å². The Morgan fingerprint density at radius 1 is 1.07 bits per heavy atom. The fourth-order valence-corrected chi connectivity index (χ4v) is 5.68. The maximum atomic E-state index is 13.2. The minimum absolute atomic E-state index is 0.142. The summed E-state index contributed by atoms with van der Waals surface area (Å²) >= 11 is 0. The molecule has 0 saturated carbocycles. The third kappa shape index (κ3) is 3.46. The summed E-state index contributed by atoms with van der Waals surface area (Å²) in [4.78, 5) is 14.9. The lowest BCUT2D eigenvalue weighted by atomic mass is 10.1. The highest BCUT2D eigenvalue weighted by atomic mass is 32.2. The van der Waals surface area contributed by atoms with Crippen LogP contribution in [0.15, 0.2) is 23.1 Å². The van der Waals surface area contributed by atoms with Crippen LogP contribution in [0.2, 0.25) is 0 Å². The maximum absolute atomic E-state index is 13.2. The van der Waals surface area contributed by atoms with Crippen LogP contribution in [0, 0.1) is 13.8 Å². The first-order valence-corrected chi connectivity index (χ1v) is 10.9. The fraction of sp³-hybridized carbons (Fsp3) is 0.474. The van der Waals surface area contributed by atoms with Crippen LogP contribution in [-0.2, 0) is 17.1 Å². The van der Waals surface area contributed by atoms with E-state index in [2.05, 4.69) is 5.10 Å². The van der Waals surface area contributed by atoms with Crippen molar-refractivity contribution in [2.75, 3.05) is 33.0 Å². The van der Waals surface area contributed by atoms with Gasteiger partial charge >= 0.3 is 0 Å². The van der Waals surface area contributed by atoms with Crippen molar-refractivity contribution in [1.29, 1.82) is 0 Å². The minimum atomic E-state index is -3.67. The van der Waals surface area contributed by atoms with Gasteiger partial charge in [0.15, 0.2) is 11.5 Å². The first-order valence-electron chi connectivity index (χ1n) is 9.48. The summed E-state index contributed by atoms with van der Waals surface area (Å²) in [5.41, 5.74) is 1.60. The smallest absolute Gasteiger partial charge is 0.254 e. The van der Waals surface area contributed by atoms with E-state index >= 15 is 0 Å². The first kappa shape index (κ1) is 19.7. The average Bonchev–Trinajstić information content (AvgIpc) is 3.14. The molecular weight excluding hydrogens is 396 g/mol. The molecule has 10 heteroatoms. The SMILES string of the molecule is Cc1nn(C)c(C)c1S(=O)(=O)N1CCCN(C(=O)c2ccc3c(c2)OCO3)CC1. The molecule has 1 aromatic carbocycles. The molecular formula is C19H24N4O5S. The number of sulfonamides is 1. The molecule has 0 aliphatic carbocycles. The topological polar surface area (TPSA) is 94.0 Å². The Labute approximate surface area is 169 Å². The highest BCUT2D eigenvalue weighted by molar-refractivity contribution is 7.89. The molecule has 4 rings (SSSR count). The molecule has 1 saturated heterocycles. The van der Waals surface area contributed by atoms with E-state index in [9.17, 15) is 13.2 Å².